The number of pyridine rings is 1. The number of amides is 1. The summed E-state index contributed by atoms with van der Waals surface area (Å²) in [6.45, 7) is 1.66. The first kappa shape index (κ1) is 17.5. The number of anilines is 1. The van der Waals surface area contributed by atoms with Crippen LogP contribution in [0.25, 0.3) is 16.7 Å². The van der Waals surface area contributed by atoms with Crippen molar-refractivity contribution < 1.29 is 4.79 Å². The van der Waals surface area contributed by atoms with Crippen molar-refractivity contribution in [3.63, 3.8) is 0 Å². The van der Waals surface area contributed by atoms with E-state index >= 15 is 0 Å². The molecular weight excluding hydrogens is 350 g/mol. The zero-order chi connectivity index (χ0) is 18.9. The topological polar surface area (TPSA) is 62.5 Å². The van der Waals surface area contributed by atoms with Gasteiger partial charge in [0.15, 0.2) is 11.5 Å². The van der Waals surface area contributed by atoms with Gasteiger partial charge in [-0.1, -0.05) is 19.3 Å². The molecule has 1 amide bonds. The summed E-state index contributed by atoms with van der Waals surface area (Å²) in [4.78, 5) is 24.5. The lowest BCUT2D eigenvalue weighted by atomic mass is 9.93. The predicted octanol–water partition coefficient (Wildman–Crippen LogP) is 3.55. The largest absolute Gasteiger partial charge is 0.354 e. The summed E-state index contributed by atoms with van der Waals surface area (Å²) in [5.41, 5.74) is 2.83. The van der Waals surface area contributed by atoms with E-state index in [0.717, 1.165) is 61.3 Å². The van der Waals surface area contributed by atoms with Crippen molar-refractivity contribution in [1.82, 2.24) is 19.7 Å². The molecule has 5 rings (SSSR count). The molecule has 2 aliphatic rings. The third-order valence-corrected chi connectivity index (χ3v) is 6.26. The van der Waals surface area contributed by atoms with E-state index in [1.807, 2.05) is 18.2 Å². The van der Waals surface area contributed by atoms with Crippen molar-refractivity contribution in [3.8, 4) is 0 Å². The molecule has 1 aliphatic heterocycles. The Kier molecular flexibility index (Phi) is 4.63. The number of fused-ring (bicyclic) bond motifs is 3. The fourth-order valence-electron chi connectivity index (χ4n) is 4.78. The van der Waals surface area contributed by atoms with Crippen molar-refractivity contribution in [1.29, 1.82) is 0 Å². The van der Waals surface area contributed by atoms with Gasteiger partial charge in [-0.15, -0.1) is 0 Å². The van der Waals surface area contributed by atoms with Gasteiger partial charge in [0.1, 0.15) is 0 Å². The molecule has 0 unspecified atom stereocenters. The van der Waals surface area contributed by atoms with E-state index in [2.05, 4.69) is 31.9 Å². The Morgan fingerprint density at radius 1 is 1.04 bits per heavy atom. The second-order valence-corrected chi connectivity index (χ2v) is 8.17. The number of nitrogens with zero attached hydrogens (tertiary/aromatic N) is 4. The van der Waals surface area contributed by atoms with Crippen LogP contribution < -0.4 is 10.2 Å². The maximum absolute atomic E-state index is 12.9. The van der Waals surface area contributed by atoms with Crippen LogP contribution in [0.2, 0.25) is 0 Å². The average molecular weight is 377 g/mol. The molecule has 1 saturated heterocycles. The minimum absolute atomic E-state index is 0.0342. The normalized spacial score (nSPS) is 21.3. The minimum atomic E-state index is 0.0342. The van der Waals surface area contributed by atoms with Crippen LogP contribution >= 0.6 is 0 Å². The molecule has 4 heterocycles. The number of rotatable bonds is 3. The van der Waals surface area contributed by atoms with E-state index < -0.39 is 0 Å². The number of carbonyl (C=O) groups is 1. The molecule has 3 aromatic rings. The van der Waals surface area contributed by atoms with Gasteiger partial charge in [0.25, 0.3) is 0 Å². The van der Waals surface area contributed by atoms with Gasteiger partial charge >= 0.3 is 0 Å². The van der Waals surface area contributed by atoms with E-state index in [1.54, 1.807) is 6.20 Å². The maximum Gasteiger partial charge on any atom is 0.225 e. The van der Waals surface area contributed by atoms with E-state index in [1.165, 1.54) is 19.3 Å². The van der Waals surface area contributed by atoms with E-state index in [4.69, 9.17) is 4.98 Å². The highest BCUT2D eigenvalue weighted by molar-refractivity contribution is 5.84. The number of carbonyl (C=O) groups excluding carboxylic acids is 1. The first-order valence-corrected chi connectivity index (χ1v) is 10.6. The monoisotopic (exact) mass is 377 g/mol. The standard InChI is InChI=1S/C22H27N5O/c28-22(24-17-8-2-1-3-9-17)16-7-5-13-26(15-16)21-19-11-6-14-27(19)18-10-4-12-23-20(18)25-21/h4,6,10-12,14,16-17H,1-3,5,7-9,13,15H2,(H,24,28)/t16-/m0/s1. The SMILES string of the molecule is O=C(NC1CCCCC1)[C@H]1CCCN(c2nc3ncccc3n3cccc23)C1. The molecular formula is C22H27N5O. The van der Waals surface area contributed by atoms with Gasteiger partial charge in [-0.25, -0.2) is 9.97 Å². The van der Waals surface area contributed by atoms with Gasteiger partial charge in [-0.2, -0.15) is 0 Å². The van der Waals surface area contributed by atoms with Gasteiger partial charge in [0.05, 0.1) is 17.0 Å². The number of aromatic nitrogens is 3. The smallest absolute Gasteiger partial charge is 0.225 e. The van der Waals surface area contributed by atoms with Gasteiger partial charge in [0, 0.05) is 31.5 Å². The molecule has 3 aromatic heterocycles. The summed E-state index contributed by atoms with van der Waals surface area (Å²) >= 11 is 0. The highest BCUT2D eigenvalue weighted by Crippen LogP contribution is 2.29. The molecule has 2 fully saturated rings. The summed E-state index contributed by atoms with van der Waals surface area (Å²) in [7, 11) is 0. The minimum Gasteiger partial charge on any atom is -0.354 e. The van der Waals surface area contributed by atoms with Crippen LogP contribution in [0, 0.1) is 5.92 Å². The maximum atomic E-state index is 12.9. The van der Waals surface area contributed by atoms with Crippen LogP contribution in [-0.4, -0.2) is 39.4 Å². The number of nitrogens with one attached hydrogen (secondary N) is 1. The Morgan fingerprint density at radius 3 is 2.79 bits per heavy atom. The summed E-state index contributed by atoms with van der Waals surface area (Å²) in [6.07, 6.45) is 11.8. The lowest BCUT2D eigenvalue weighted by Gasteiger charge is -2.34. The molecule has 146 valence electrons. The van der Waals surface area contributed by atoms with Gasteiger partial charge < -0.3 is 14.6 Å². The fourth-order valence-corrected chi connectivity index (χ4v) is 4.78. The zero-order valence-corrected chi connectivity index (χ0v) is 16.2. The Balaban J connectivity index is 1.40. The third kappa shape index (κ3) is 3.21. The van der Waals surface area contributed by atoms with Crippen molar-refractivity contribution in [3.05, 3.63) is 36.7 Å². The van der Waals surface area contributed by atoms with E-state index in [0.29, 0.717) is 6.04 Å². The Labute approximate surface area is 165 Å². The van der Waals surface area contributed by atoms with Crippen LogP contribution in [0.5, 0.6) is 0 Å². The summed E-state index contributed by atoms with van der Waals surface area (Å²) in [5, 5.41) is 3.32. The molecule has 1 saturated carbocycles. The molecule has 1 N–H and O–H groups in total. The highest BCUT2D eigenvalue weighted by Gasteiger charge is 2.29. The third-order valence-electron chi connectivity index (χ3n) is 6.26. The lowest BCUT2D eigenvalue weighted by Crippen LogP contribution is -2.46. The van der Waals surface area contributed by atoms with E-state index in [9.17, 15) is 4.79 Å². The van der Waals surface area contributed by atoms with Crippen LogP contribution in [0.3, 0.4) is 0 Å². The average Bonchev–Trinajstić information content (AvgIpc) is 3.24. The molecule has 28 heavy (non-hydrogen) atoms. The molecule has 1 aliphatic carbocycles. The van der Waals surface area contributed by atoms with Crippen LogP contribution in [-0.2, 0) is 4.79 Å². The fraction of sp³-hybridized carbons (Fsp3) is 0.500. The quantitative estimate of drug-likeness (QED) is 0.758. The first-order valence-electron chi connectivity index (χ1n) is 10.6. The Morgan fingerprint density at radius 2 is 1.89 bits per heavy atom. The van der Waals surface area contributed by atoms with E-state index in [-0.39, 0.29) is 11.8 Å². The van der Waals surface area contributed by atoms with Crippen LogP contribution in [0.4, 0.5) is 5.82 Å². The Hall–Kier alpha value is -2.63. The molecule has 0 radical (unpaired) electrons. The van der Waals surface area contributed by atoms with Gasteiger partial charge in [0.2, 0.25) is 5.91 Å². The van der Waals surface area contributed by atoms with Crippen molar-refractivity contribution in [2.75, 3.05) is 18.0 Å². The zero-order valence-electron chi connectivity index (χ0n) is 16.2. The van der Waals surface area contributed by atoms with Crippen LogP contribution in [0.15, 0.2) is 36.7 Å². The van der Waals surface area contributed by atoms with Crippen LogP contribution in [0.1, 0.15) is 44.9 Å². The lowest BCUT2D eigenvalue weighted by molar-refractivity contribution is -0.126. The Bertz CT molecular complexity index is 991. The van der Waals surface area contributed by atoms with Crippen molar-refractivity contribution in [2.24, 2.45) is 5.92 Å². The van der Waals surface area contributed by atoms with Crippen molar-refractivity contribution in [2.45, 2.75) is 51.0 Å². The number of hydrogen-bond acceptors (Lipinski definition) is 4. The molecule has 6 nitrogen and oxygen atoms in total. The molecule has 1 atom stereocenters. The van der Waals surface area contributed by atoms with Gasteiger partial charge in [-0.3, -0.25) is 4.79 Å². The second-order valence-electron chi connectivity index (χ2n) is 8.17. The molecule has 0 aromatic carbocycles. The van der Waals surface area contributed by atoms with Crippen molar-refractivity contribution >= 4 is 28.4 Å². The summed E-state index contributed by atoms with van der Waals surface area (Å²) < 4.78 is 2.15. The second kappa shape index (κ2) is 7.41. The molecule has 0 spiro atoms. The predicted molar refractivity (Wildman–Crippen MR) is 110 cm³/mol. The number of hydrogen-bond donors (Lipinski definition) is 1. The van der Waals surface area contributed by atoms with Gasteiger partial charge in [-0.05, 0) is 49.9 Å². The first-order chi connectivity index (χ1) is 13.8. The molecule has 6 heteroatoms. The summed E-state index contributed by atoms with van der Waals surface area (Å²) in [5.74, 6) is 1.19. The summed E-state index contributed by atoms with van der Waals surface area (Å²) in [6, 6.07) is 8.50. The highest BCUT2D eigenvalue weighted by atomic mass is 16.2. The number of piperidine rings is 1. The molecule has 0 bridgehead atoms.